The minimum atomic E-state index is 0.368. The average molecular weight is 279 g/mol. The lowest BCUT2D eigenvalue weighted by molar-refractivity contribution is 0.411. The fraction of sp³-hybridized carbons (Fsp3) is 0.0667. The molecular weight excluding hydrogens is 266 g/mol. The summed E-state index contributed by atoms with van der Waals surface area (Å²) in [6, 6.07) is 7.48. The Labute approximate surface area is 121 Å². The summed E-state index contributed by atoms with van der Waals surface area (Å²) in [6.45, 7) is 1.92. The third-order valence-electron chi connectivity index (χ3n) is 2.78. The Bertz CT molecular complexity index is 760. The van der Waals surface area contributed by atoms with Gasteiger partial charge in [0, 0.05) is 24.2 Å². The highest BCUT2D eigenvalue weighted by Gasteiger charge is 2.08. The summed E-state index contributed by atoms with van der Waals surface area (Å²) in [4.78, 5) is 12.5. The van der Waals surface area contributed by atoms with Gasteiger partial charge < -0.3 is 10.3 Å². The molecule has 0 atom stereocenters. The van der Waals surface area contributed by atoms with E-state index in [4.69, 9.17) is 10.3 Å². The van der Waals surface area contributed by atoms with Gasteiger partial charge in [-0.25, -0.2) is 9.97 Å². The molecule has 2 aromatic heterocycles. The second-order valence-corrected chi connectivity index (χ2v) is 4.54. The summed E-state index contributed by atoms with van der Waals surface area (Å²) >= 11 is 0. The van der Waals surface area contributed by atoms with Crippen molar-refractivity contribution >= 4 is 17.8 Å². The first-order valence-electron chi connectivity index (χ1n) is 6.37. The van der Waals surface area contributed by atoms with Crippen molar-refractivity contribution in [1.29, 1.82) is 0 Å². The fourth-order valence-electron chi connectivity index (χ4n) is 1.68. The maximum Gasteiger partial charge on any atom is 0.251 e. The van der Waals surface area contributed by atoms with Crippen LogP contribution in [0.15, 0.2) is 41.2 Å². The molecule has 2 N–H and O–H groups in total. The van der Waals surface area contributed by atoms with E-state index < -0.39 is 0 Å². The van der Waals surface area contributed by atoms with Crippen molar-refractivity contribution in [2.24, 2.45) is 0 Å². The van der Waals surface area contributed by atoms with Crippen LogP contribution in [0.5, 0.6) is 0 Å². The van der Waals surface area contributed by atoms with E-state index in [1.807, 2.05) is 37.3 Å². The number of benzene rings is 1. The van der Waals surface area contributed by atoms with Crippen LogP contribution in [0.25, 0.3) is 23.8 Å². The zero-order valence-corrected chi connectivity index (χ0v) is 11.4. The minimum Gasteiger partial charge on any atom is -0.399 e. The van der Waals surface area contributed by atoms with Crippen LogP contribution in [-0.2, 0) is 0 Å². The Kier molecular flexibility index (Phi) is 3.42. The maximum atomic E-state index is 5.63. The zero-order valence-electron chi connectivity index (χ0n) is 11.4. The van der Waals surface area contributed by atoms with E-state index in [2.05, 4.69) is 20.1 Å². The van der Waals surface area contributed by atoms with Crippen LogP contribution in [0.3, 0.4) is 0 Å². The lowest BCUT2D eigenvalue weighted by Crippen LogP contribution is -1.90. The third-order valence-corrected chi connectivity index (χ3v) is 2.78. The number of rotatable bonds is 3. The van der Waals surface area contributed by atoms with Crippen molar-refractivity contribution in [2.75, 3.05) is 5.73 Å². The van der Waals surface area contributed by atoms with Crippen molar-refractivity contribution in [3.05, 3.63) is 53.7 Å². The van der Waals surface area contributed by atoms with Crippen LogP contribution in [0.1, 0.15) is 17.0 Å². The number of nitrogens with two attached hydrogens (primary N) is 1. The van der Waals surface area contributed by atoms with Gasteiger partial charge >= 0.3 is 0 Å². The van der Waals surface area contributed by atoms with Gasteiger partial charge in [-0.05, 0) is 36.3 Å². The molecular formula is C15H13N5O. The van der Waals surface area contributed by atoms with E-state index in [1.165, 1.54) is 0 Å². The largest absolute Gasteiger partial charge is 0.399 e. The van der Waals surface area contributed by atoms with E-state index in [-0.39, 0.29) is 0 Å². The molecule has 1 aromatic carbocycles. The van der Waals surface area contributed by atoms with E-state index >= 15 is 0 Å². The molecule has 0 aliphatic carbocycles. The lowest BCUT2D eigenvalue weighted by atomic mass is 10.2. The molecule has 6 nitrogen and oxygen atoms in total. The van der Waals surface area contributed by atoms with Crippen LogP contribution in [0.4, 0.5) is 5.69 Å². The minimum absolute atomic E-state index is 0.368. The van der Waals surface area contributed by atoms with Gasteiger partial charge in [0.15, 0.2) is 0 Å². The monoisotopic (exact) mass is 279 g/mol. The zero-order chi connectivity index (χ0) is 14.7. The summed E-state index contributed by atoms with van der Waals surface area (Å²) in [5.41, 5.74) is 8.33. The number of hydrogen-bond donors (Lipinski definition) is 1. The molecule has 0 aliphatic rings. The summed E-state index contributed by atoms with van der Waals surface area (Å²) in [7, 11) is 0. The Balaban J connectivity index is 1.78. The Morgan fingerprint density at radius 2 is 1.71 bits per heavy atom. The highest BCUT2D eigenvalue weighted by atomic mass is 16.5. The van der Waals surface area contributed by atoms with Crippen molar-refractivity contribution in [1.82, 2.24) is 20.1 Å². The second-order valence-electron chi connectivity index (χ2n) is 4.54. The van der Waals surface area contributed by atoms with Crippen LogP contribution >= 0.6 is 0 Å². The van der Waals surface area contributed by atoms with E-state index in [1.54, 1.807) is 18.5 Å². The molecule has 0 amide bonds. The molecule has 0 fully saturated rings. The molecule has 0 unspecified atom stereocenters. The first-order valence-corrected chi connectivity index (χ1v) is 6.37. The molecule has 0 radical (unpaired) electrons. The predicted octanol–water partition coefficient (Wildman–Crippen LogP) is 2.59. The highest BCUT2D eigenvalue weighted by Crippen LogP contribution is 2.13. The number of nitrogen functional groups attached to an aromatic ring is 1. The molecule has 0 saturated heterocycles. The van der Waals surface area contributed by atoms with E-state index in [0.29, 0.717) is 17.5 Å². The molecule has 3 rings (SSSR count). The number of aromatic nitrogens is 4. The topological polar surface area (TPSA) is 90.7 Å². The molecule has 0 bridgehead atoms. The summed E-state index contributed by atoms with van der Waals surface area (Å²) in [5.74, 6) is 1.20. The first-order chi connectivity index (χ1) is 10.2. The molecule has 0 saturated carbocycles. The first kappa shape index (κ1) is 13.0. The molecule has 6 heteroatoms. The van der Waals surface area contributed by atoms with Crippen LogP contribution < -0.4 is 5.73 Å². The molecule has 0 aliphatic heterocycles. The van der Waals surface area contributed by atoms with Gasteiger partial charge in [0.1, 0.15) is 0 Å². The van der Waals surface area contributed by atoms with Gasteiger partial charge in [0.25, 0.3) is 5.89 Å². The molecule has 104 valence electrons. The SMILES string of the molecule is Cc1cnc(-c2noc(/C=C/c3ccc(N)cc3)n2)nc1. The van der Waals surface area contributed by atoms with Gasteiger partial charge in [-0.2, -0.15) is 4.98 Å². The molecule has 3 aromatic rings. The predicted molar refractivity (Wildman–Crippen MR) is 79.8 cm³/mol. The van der Waals surface area contributed by atoms with Gasteiger partial charge in [0.05, 0.1) is 0 Å². The standard InChI is InChI=1S/C15H13N5O/c1-10-8-17-14(18-9-10)15-19-13(21-20-15)7-4-11-2-5-12(16)6-3-11/h2-9H,16H2,1H3/b7-4+. The van der Waals surface area contributed by atoms with Crippen LogP contribution in [0.2, 0.25) is 0 Å². The van der Waals surface area contributed by atoms with Gasteiger partial charge in [-0.3, -0.25) is 0 Å². The van der Waals surface area contributed by atoms with Crippen molar-refractivity contribution in [2.45, 2.75) is 6.92 Å². The average Bonchev–Trinajstić information content (AvgIpc) is 2.96. The number of hydrogen-bond acceptors (Lipinski definition) is 6. The second kappa shape index (κ2) is 5.54. The van der Waals surface area contributed by atoms with Gasteiger partial charge in [-0.1, -0.05) is 17.3 Å². The quantitative estimate of drug-likeness (QED) is 0.741. The number of anilines is 1. The van der Waals surface area contributed by atoms with Crippen molar-refractivity contribution in [3.8, 4) is 11.6 Å². The maximum absolute atomic E-state index is 5.63. The number of aryl methyl sites for hydroxylation is 1. The summed E-state index contributed by atoms with van der Waals surface area (Å²) in [6.07, 6.45) is 7.02. The summed E-state index contributed by atoms with van der Waals surface area (Å²) < 4.78 is 5.14. The summed E-state index contributed by atoms with van der Waals surface area (Å²) in [5, 5.41) is 3.86. The van der Waals surface area contributed by atoms with Crippen LogP contribution in [0, 0.1) is 6.92 Å². The Morgan fingerprint density at radius 3 is 2.43 bits per heavy atom. The Morgan fingerprint density at radius 1 is 1.00 bits per heavy atom. The molecule has 2 heterocycles. The van der Waals surface area contributed by atoms with Crippen LogP contribution in [-0.4, -0.2) is 20.1 Å². The van der Waals surface area contributed by atoms with Gasteiger partial charge in [-0.15, -0.1) is 0 Å². The fourth-order valence-corrected chi connectivity index (χ4v) is 1.68. The van der Waals surface area contributed by atoms with Crippen molar-refractivity contribution in [3.63, 3.8) is 0 Å². The molecule has 21 heavy (non-hydrogen) atoms. The third kappa shape index (κ3) is 3.11. The van der Waals surface area contributed by atoms with E-state index in [9.17, 15) is 0 Å². The Hall–Kier alpha value is -3.02. The smallest absolute Gasteiger partial charge is 0.251 e. The van der Waals surface area contributed by atoms with Crippen molar-refractivity contribution < 1.29 is 4.52 Å². The van der Waals surface area contributed by atoms with Gasteiger partial charge in [0.2, 0.25) is 11.6 Å². The highest BCUT2D eigenvalue weighted by molar-refractivity contribution is 5.67. The van der Waals surface area contributed by atoms with E-state index in [0.717, 1.165) is 16.8 Å². The lowest BCUT2D eigenvalue weighted by Gasteiger charge is -1.93. The number of nitrogens with zero attached hydrogens (tertiary/aromatic N) is 4. The normalized spacial score (nSPS) is 11.1. The molecule has 0 spiro atoms.